The molecule has 2 aromatic carbocycles. The van der Waals surface area contributed by atoms with Crippen molar-refractivity contribution in [1.82, 2.24) is 24.9 Å². The van der Waals surface area contributed by atoms with Gasteiger partial charge in [-0.1, -0.05) is 36.3 Å². The fraction of sp³-hybridized carbons (Fsp3) is 0.367. The molecule has 3 heterocycles. The van der Waals surface area contributed by atoms with E-state index in [4.69, 9.17) is 4.74 Å². The first kappa shape index (κ1) is 25.9. The standard InChI is InChI=1S/C30H33N7O3/c38-28(22-37-27-8-2-1-7-26(27)33-34-37)36(21-23-6-5-15-31-20-23)30(13-3-4-14-30)29(39)32-24-9-11-25(12-10-24)35-16-18-40-19-17-35/h1-2,5-12,15,20H,3-4,13-14,16-19,21-22H2,(H,32,39). The summed E-state index contributed by atoms with van der Waals surface area (Å²) in [6.45, 7) is 3.40. The number of rotatable bonds is 8. The number of amides is 2. The van der Waals surface area contributed by atoms with Gasteiger partial charge in [0.25, 0.3) is 0 Å². The molecular weight excluding hydrogens is 506 g/mol. The van der Waals surface area contributed by atoms with Crippen molar-refractivity contribution in [2.75, 3.05) is 36.5 Å². The minimum absolute atomic E-state index is 0.00987. The van der Waals surface area contributed by atoms with Crippen molar-refractivity contribution >= 4 is 34.2 Å². The quantitative estimate of drug-likeness (QED) is 0.364. The fourth-order valence-corrected chi connectivity index (χ4v) is 5.80. The first-order valence-electron chi connectivity index (χ1n) is 13.8. The predicted molar refractivity (Wildman–Crippen MR) is 152 cm³/mol. The summed E-state index contributed by atoms with van der Waals surface area (Å²) in [5, 5.41) is 11.6. The van der Waals surface area contributed by atoms with E-state index in [9.17, 15) is 9.59 Å². The normalized spacial score (nSPS) is 16.6. The lowest BCUT2D eigenvalue weighted by Crippen LogP contribution is -2.57. The molecule has 0 spiro atoms. The molecule has 0 radical (unpaired) electrons. The smallest absolute Gasteiger partial charge is 0.250 e. The molecule has 4 aromatic rings. The van der Waals surface area contributed by atoms with Crippen molar-refractivity contribution in [3.63, 3.8) is 0 Å². The van der Waals surface area contributed by atoms with E-state index in [0.29, 0.717) is 31.7 Å². The summed E-state index contributed by atoms with van der Waals surface area (Å²) in [7, 11) is 0. The number of para-hydroxylation sites is 1. The van der Waals surface area contributed by atoms with Crippen LogP contribution in [0.25, 0.3) is 11.0 Å². The second-order valence-electron chi connectivity index (χ2n) is 10.4. The van der Waals surface area contributed by atoms with E-state index in [1.165, 1.54) is 0 Å². The van der Waals surface area contributed by atoms with Gasteiger partial charge in [0.15, 0.2) is 0 Å². The average Bonchev–Trinajstić information content (AvgIpc) is 3.66. The van der Waals surface area contributed by atoms with Crippen LogP contribution in [-0.2, 0) is 27.4 Å². The molecular formula is C30H33N7O3. The third-order valence-electron chi connectivity index (χ3n) is 7.94. The molecule has 2 amide bonds. The molecule has 2 aromatic heterocycles. The number of morpholine rings is 1. The lowest BCUT2D eigenvalue weighted by atomic mass is 9.92. The van der Waals surface area contributed by atoms with Crippen molar-refractivity contribution in [2.45, 2.75) is 44.3 Å². The molecule has 1 saturated heterocycles. The van der Waals surface area contributed by atoms with Crippen LogP contribution in [0.2, 0.25) is 0 Å². The third-order valence-corrected chi connectivity index (χ3v) is 7.94. The van der Waals surface area contributed by atoms with Crippen molar-refractivity contribution in [3.05, 3.63) is 78.6 Å². The van der Waals surface area contributed by atoms with Gasteiger partial charge in [0.2, 0.25) is 11.8 Å². The van der Waals surface area contributed by atoms with Crippen LogP contribution >= 0.6 is 0 Å². The summed E-state index contributed by atoms with van der Waals surface area (Å²) in [4.78, 5) is 36.4. The van der Waals surface area contributed by atoms with E-state index < -0.39 is 5.54 Å². The molecule has 2 aliphatic rings. The second-order valence-corrected chi connectivity index (χ2v) is 10.4. The zero-order chi connectivity index (χ0) is 27.4. The van der Waals surface area contributed by atoms with Gasteiger partial charge in [-0.05, 0) is 60.9 Å². The van der Waals surface area contributed by atoms with Crippen LogP contribution in [0.5, 0.6) is 0 Å². The van der Waals surface area contributed by atoms with Crippen molar-refractivity contribution in [2.24, 2.45) is 0 Å². The first-order chi connectivity index (χ1) is 19.6. The Morgan fingerprint density at radius 1 is 0.975 bits per heavy atom. The minimum atomic E-state index is -0.980. The molecule has 206 valence electrons. The number of nitrogens with zero attached hydrogens (tertiary/aromatic N) is 6. The highest BCUT2D eigenvalue weighted by Gasteiger charge is 2.48. The highest BCUT2D eigenvalue weighted by Crippen LogP contribution is 2.38. The van der Waals surface area contributed by atoms with E-state index in [2.05, 4.69) is 25.5 Å². The molecule has 1 aliphatic heterocycles. The van der Waals surface area contributed by atoms with Crippen LogP contribution in [0.3, 0.4) is 0 Å². The number of anilines is 2. The maximum Gasteiger partial charge on any atom is 0.250 e. The zero-order valence-corrected chi connectivity index (χ0v) is 22.4. The Kier molecular flexibility index (Phi) is 7.41. The van der Waals surface area contributed by atoms with Crippen molar-refractivity contribution in [1.29, 1.82) is 0 Å². The van der Waals surface area contributed by atoms with Gasteiger partial charge in [-0.25, -0.2) is 4.68 Å². The van der Waals surface area contributed by atoms with Crippen LogP contribution < -0.4 is 10.2 Å². The number of fused-ring (bicyclic) bond motifs is 1. The lowest BCUT2D eigenvalue weighted by Gasteiger charge is -2.40. The van der Waals surface area contributed by atoms with Gasteiger partial charge in [0.05, 0.1) is 18.7 Å². The fourth-order valence-electron chi connectivity index (χ4n) is 5.80. The highest BCUT2D eigenvalue weighted by molar-refractivity contribution is 6.01. The third kappa shape index (κ3) is 5.27. The molecule has 6 rings (SSSR count). The summed E-state index contributed by atoms with van der Waals surface area (Å²) in [5.74, 6) is -0.343. The summed E-state index contributed by atoms with van der Waals surface area (Å²) in [5.41, 5.74) is 3.21. The predicted octanol–water partition coefficient (Wildman–Crippen LogP) is 3.64. The molecule has 1 aliphatic carbocycles. The topological polar surface area (TPSA) is 105 Å². The number of carbonyl (C=O) groups excluding carboxylic acids is 2. The summed E-state index contributed by atoms with van der Waals surface area (Å²) in [6, 6.07) is 19.2. The number of benzene rings is 2. The number of hydrogen-bond donors (Lipinski definition) is 1. The van der Waals surface area contributed by atoms with E-state index in [-0.39, 0.29) is 24.9 Å². The van der Waals surface area contributed by atoms with E-state index in [0.717, 1.165) is 48.2 Å². The number of pyridine rings is 1. The van der Waals surface area contributed by atoms with Crippen LogP contribution in [0.15, 0.2) is 73.1 Å². The van der Waals surface area contributed by atoms with Gasteiger partial charge in [-0.2, -0.15) is 0 Å². The Hall–Kier alpha value is -4.31. The minimum Gasteiger partial charge on any atom is -0.378 e. The largest absolute Gasteiger partial charge is 0.378 e. The number of nitrogens with one attached hydrogen (secondary N) is 1. The molecule has 10 nitrogen and oxygen atoms in total. The lowest BCUT2D eigenvalue weighted by molar-refractivity contribution is -0.147. The average molecular weight is 540 g/mol. The molecule has 40 heavy (non-hydrogen) atoms. The Balaban J connectivity index is 1.27. The van der Waals surface area contributed by atoms with Gasteiger partial charge in [0.1, 0.15) is 17.6 Å². The maximum atomic E-state index is 14.1. The van der Waals surface area contributed by atoms with Gasteiger partial charge < -0.3 is 19.9 Å². The highest BCUT2D eigenvalue weighted by atomic mass is 16.5. The van der Waals surface area contributed by atoms with Gasteiger partial charge in [-0.3, -0.25) is 14.6 Å². The molecule has 0 unspecified atom stereocenters. The zero-order valence-electron chi connectivity index (χ0n) is 22.4. The monoisotopic (exact) mass is 539 g/mol. The molecule has 1 N–H and O–H groups in total. The maximum absolute atomic E-state index is 14.1. The van der Waals surface area contributed by atoms with Crippen LogP contribution in [0.1, 0.15) is 31.2 Å². The molecule has 1 saturated carbocycles. The number of carbonyl (C=O) groups is 2. The summed E-state index contributed by atoms with van der Waals surface area (Å²) < 4.78 is 7.07. The molecule has 0 bridgehead atoms. The van der Waals surface area contributed by atoms with Crippen LogP contribution in [-0.4, -0.2) is 68.5 Å². The van der Waals surface area contributed by atoms with Crippen molar-refractivity contribution in [3.8, 4) is 0 Å². The van der Waals surface area contributed by atoms with Gasteiger partial charge >= 0.3 is 0 Å². The van der Waals surface area contributed by atoms with Gasteiger partial charge in [-0.15, -0.1) is 5.10 Å². The Morgan fingerprint density at radius 2 is 1.75 bits per heavy atom. The Bertz CT molecular complexity index is 1460. The van der Waals surface area contributed by atoms with E-state index >= 15 is 0 Å². The number of hydrogen-bond acceptors (Lipinski definition) is 7. The molecule has 10 heteroatoms. The van der Waals surface area contributed by atoms with E-state index in [1.807, 2.05) is 60.7 Å². The summed E-state index contributed by atoms with van der Waals surface area (Å²) >= 11 is 0. The first-order valence-corrected chi connectivity index (χ1v) is 13.8. The Labute approximate surface area is 232 Å². The number of ether oxygens (including phenoxy) is 1. The molecule has 0 atom stereocenters. The second kappa shape index (κ2) is 11.4. The van der Waals surface area contributed by atoms with E-state index in [1.54, 1.807) is 22.0 Å². The van der Waals surface area contributed by atoms with Crippen molar-refractivity contribution < 1.29 is 14.3 Å². The summed E-state index contributed by atoms with van der Waals surface area (Å²) in [6.07, 6.45) is 6.37. The number of aromatic nitrogens is 4. The molecule has 2 fully saturated rings. The van der Waals surface area contributed by atoms with Crippen LogP contribution in [0, 0.1) is 0 Å². The van der Waals surface area contributed by atoms with Gasteiger partial charge in [0, 0.05) is 43.4 Å². The SMILES string of the molecule is O=C(Cn1nnc2ccccc21)N(Cc1cccnc1)C1(C(=O)Nc2ccc(N3CCOCC3)cc2)CCCC1. The Morgan fingerprint density at radius 3 is 2.50 bits per heavy atom. The van der Waals surface area contributed by atoms with Crippen LogP contribution in [0.4, 0.5) is 11.4 Å².